The number of aliphatic hydroxyl groups excluding tert-OH is 1. The van der Waals surface area contributed by atoms with Crippen LogP contribution in [0.25, 0.3) is 11.0 Å². The van der Waals surface area contributed by atoms with Gasteiger partial charge in [0.1, 0.15) is 5.82 Å². The molecule has 1 aromatic carbocycles. The first kappa shape index (κ1) is 17.0. The predicted molar refractivity (Wildman–Crippen MR) is 100 cm³/mol. The van der Waals surface area contributed by atoms with E-state index in [-0.39, 0.29) is 6.10 Å². The van der Waals surface area contributed by atoms with Crippen molar-refractivity contribution in [3.63, 3.8) is 0 Å². The Balaban J connectivity index is 1.41. The Kier molecular flexibility index (Phi) is 5.06. The zero-order chi connectivity index (χ0) is 17.2. The summed E-state index contributed by atoms with van der Waals surface area (Å²) in [6, 6.07) is 8.63. The van der Waals surface area contributed by atoms with Crippen LogP contribution < -0.4 is 0 Å². The summed E-state index contributed by atoms with van der Waals surface area (Å²) < 4.78 is 2.18. The lowest BCUT2D eigenvalue weighted by Crippen LogP contribution is -2.54. The highest BCUT2D eigenvalue weighted by molar-refractivity contribution is 5.75. The third-order valence-electron chi connectivity index (χ3n) is 5.98. The van der Waals surface area contributed by atoms with Gasteiger partial charge < -0.3 is 9.67 Å². The van der Waals surface area contributed by atoms with Crippen molar-refractivity contribution in [2.45, 2.75) is 50.8 Å². The van der Waals surface area contributed by atoms with Gasteiger partial charge in [-0.2, -0.15) is 0 Å². The maximum atomic E-state index is 10.8. The first-order valence-electron chi connectivity index (χ1n) is 9.77. The number of para-hydroxylation sites is 2. The first-order valence-corrected chi connectivity index (χ1v) is 9.77. The zero-order valence-corrected chi connectivity index (χ0v) is 15.3. The molecular formula is C20H30N4O. The topological polar surface area (TPSA) is 44.5 Å². The Morgan fingerprint density at radius 1 is 1.08 bits per heavy atom. The van der Waals surface area contributed by atoms with E-state index >= 15 is 0 Å². The van der Waals surface area contributed by atoms with Gasteiger partial charge in [0.2, 0.25) is 0 Å². The molecule has 0 amide bonds. The third-order valence-corrected chi connectivity index (χ3v) is 5.98. The number of hydrogen-bond donors (Lipinski definition) is 1. The largest absolute Gasteiger partial charge is 0.390 e. The third kappa shape index (κ3) is 3.59. The van der Waals surface area contributed by atoms with Crippen LogP contribution in [0.15, 0.2) is 24.3 Å². The Morgan fingerprint density at radius 3 is 2.56 bits per heavy atom. The van der Waals surface area contributed by atoms with Gasteiger partial charge in [-0.1, -0.05) is 25.0 Å². The van der Waals surface area contributed by atoms with E-state index in [2.05, 4.69) is 39.6 Å². The van der Waals surface area contributed by atoms with Gasteiger partial charge in [0, 0.05) is 26.2 Å². The molecule has 25 heavy (non-hydrogen) atoms. The number of nitrogens with zero attached hydrogens (tertiary/aromatic N) is 4. The van der Waals surface area contributed by atoms with E-state index in [0.29, 0.717) is 6.04 Å². The SMILES string of the molecule is Cn1c(CN2CC[C@@H](N3CCCCCC3)[C@H](O)C2)nc2ccccc21. The average Bonchev–Trinajstić information content (AvgIpc) is 2.80. The number of likely N-dealkylation sites (tertiary alicyclic amines) is 2. The molecule has 2 fully saturated rings. The van der Waals surface area contributed by atoms with Gasteiger partial charge in [0.15, 0.2) is 0 Å². The Bertz CT molecular complexity index is 705. The Hall–Kier alpha value is -1.43. The van der Waals surface area contributed by atoms with Crippen LogP contribution in [0.1, 0.15) is 37.9 Å². The van der Waals surface area contributed by atoms with Crippen LogP contribution in [0.5, 0.6) is 0 Å². The molecule has 2 atom stereocenters. The van der Waals surface area contributed by atoms with Crippen LogP contribution in [0.3, 0.4) is 0 Å². The number of rotatable bonds is 3. The Morgan fingerprint density at radius 2 is 1.84 bits per heavy atom. The molecule has 3 heterocycles. The maximum Gasteiger partial charge on any atom is 0.123 e. The Labute approximate surface area is 150 Å². The molecule has 2 aliphatic rings. The second-order valence-electron chi connectivity index (χ2n) is 7.68. The number of hydrogen-bond acceptors (Lipinski definition) is 4. The first-order chi connectivity index (χ1) is 12.2. The van der Waals surface area contributed by atoms with Crippen molar-refractivity contribution in [3.8, 4) is 0 Å². The lowest BCUT2D eigenvalue weighted by Gasteiger charge is -2.41. The fourth-order valence-electron chi connectivity index (χ4n) is 4.52. The van der Waals surface area contributed by atoms with E-state index in [1.165, 1.54) is 31.2 Å². The normalized spacial score (nSPS) is 26.8. The summed E-state index contributed by atoms with van der Waals surface area (Å²) in [5.74, 6) is 1.08. The van der Waals surface area contributed by atoms with Gasteiger partial charge >= 0.3 is 0 Å². The summed E-state index contributed by atoms with van der Waals surface area (Å²) >= 11 is 0. The molecule has 136 valence electrons. The number of piperidine rings is 1. The number of aryl methyl sites for hydroxylation is 1. The van der Waals surface area contributed by atoms with Crippen LogP contribution in [-0.4, -0.2) is 62.8 Å². The monoisotopic (exact) mass is 342 g/mol. The summed E-state index contributed by atoms with van der Waals surface area (Å²) in [7, 11) is 2.09. The fraction of sp³-hybridized carbons (Fsp3) is 0.650. The second-order valence-corrected chi connectivity index (χ2v) is 7.68. The van der Waals surface area contributed by atoms with Crippen molar-refractivity contribution >= 4 is 11.0 Å². The summed E-state index contributed by atoms with van der Waals surface area (Å²) in [5.41, 5.74) is 2.23. The van der Waals surface area contributed by atoms with E-state index in [1.54, 1.807) is 0 Å². The van der Waals surface area contributed by atoms with E-state index in [0.717, 1.165) is 50.5 Å². The number of imidazole rings is 1. The molecular weight excluding hydrogens is 312 g/mol. The minimum atomic E-state index is -0.249. The predicted octanol–water partition coefficient (Wildman–Crippen LogP) is 2.38. The molecule has 1 aromatic heterocycles. The molecule has 4 rings (SSSR count). The number of fused-ring (bicyclic) bond motifs is 1. The molecule has 2 aliphatic heterocycles. The second kappa shape index (κ2) is 7.44. The molecule has 5 nitrogen and oxygen atoms in total. The van der Waals surface area contributed by atoms with E-state index < -0.39 is 0 Å². The molecule has 1 N–H and O–H groups in total. The summed E-state index contributed by atoms with van der Waals surface area (Å²) in [6.07, 6.45) is 6.07. The summed E-state index contributed by atoms with van der Waals surface area (Å²) in [5, 5.41) is 10.8. The number of β-amino-alcohol motifs (C(OH)–C–C–N with tert-alkyl or cyclic N) is 1. The molecule has 0 unspecified atom stereocenters. The highest BCUT2D eigenvalue weighted by Gasteiger charge is 2.32. The molecule has 2 aromatic rings. The van der Waals surface area contributed by atoms with Gasteiger partial charge in [0.25, 0.3) is 0 Å². The van der Waals surface area contributed by atoms with Crippen LogP contribution in [-0.2, 0) is 13.6 Å². The summed E-state index contributed by atoms with van der Waals surface area (Å²) in [6.45, 7) is 4.93. The van der Waals surface area contributed by atoms with Gasteiger partial charge in [-0.05, 0) is 44.5 Å². The smallest absolute Gasteiger partial charge is 0.123 e. The minimum absolute atomic E-state index is 0.249. The minimum Gasteiger partial charge on any atom is -0.390 e. The van der Waals surface area contributed by atoms with E-state index in [1.807, 2.05) is 6.07 Å². The van der Waals surface area contributed by atoms with Crippen molar-refractivity contribution in [2.24, 2.45) is 7.05 Å². The molecule has 0 aliphatic carbocycles. The molecule has 2 saturated heterocycles. The van der Waals surface area contributed by atoms with Gasteiger partial charge in [-0.25, -0.2) is 4.98 Å². The fourth-order valence-corrected chi connectivity index (χ4v) is 4.52. The van der Waals surface area contributed by atoms with Crippen molar-refractivity contribution < 1.29 is 5.11 Å². The average molecular weight is 342 g/mol. The van der Waals surface area contributed by atoms with Gasteiger partial charge in [-0.3, -0.25) is 9.80 Å². The van der Waals surface area contributed by atoms with E-state index in [4.69, 9.17) is 4.98 Å². The number of benzene rings is 1. The zero-order valence-electron chi connectivity index (χ0n) is 15.3. The van der Waals surface area contributed by atoms with Crippen molar-refractivity contribution in [2.75, 3.05) is 26.2 Å². The molecule has 0 saturated carbocycles. The number of aromatic nitrogens is 2. The van der Waals surface area contributed by atoms with Crippen LogP contribution in [0.2, 0.25) is 0 Å². The van der Waals surface area contributed by atoms with Crippen LogP contribution in [0.4, 0.5) is 0 Å². The number of aliphatic hydroxyl groups is 1. The molecule has 0 radical (unpaired) electrons. The lowest BCUT2D eigenvalue weighted by atomic mass is 9.99. The van der Waals surface area contributed by atoms with Gasteiger partial charge in [-0.15, -0.1) is 0 Å². The standard InChI is InChI=1S/C20H30N4O/c1-22-17-9-5-4-8-16(17)21-20(22)15-23-13-10-18(19(25)14-23)24-11-6-2-3-7-12-24/h4-5,8-9,18-19,25H,2-3,6-7,10-15H2,1H3/t18-,19-/m1/s1. The van der Waals surface area contributed by atoms with Crippen LogP contribution in [0, 0.1) is 0 Å². The molecule has 0 spiro atoms. The van der Waals surface area contributed by atoms with Crippen molar-refractivity contribution in [1.29, 1.82) is 0 Å². The van der Waals surface area contributed by atoms with Crippen molar-refractivity contribution in [1.82, 2.24) is 19.4 Å². The van der Waals surface area contributed by atoms with Crippen molar-refractivity contribution in [3.05, 3.63) is 30.1 Å². The highest BCUT2D eigenvalue weighted by Crippen LogP contribution is 2.23. The van der Waals surface area contributed by atoms with Gasteiger partial charge in [0.05, 0.1) is 23.7 Å². The van der Waals surface area contributed by atoms with E-state index in [9.17, 15) is 5.11 Å². The van der Waals surface area contributed by atoms with Crippen LogP contribution >= 0.6 is 0 Å². The quantitative estimate of drug-likeness (QED) is 0.930. The summed E-state index contributed by atoms with van der Waals surface area (Å²) in [4.78, 5) is 9.69. The molecule has 5 heteroatoms. The maximum absolute atomic E-state index is 10.8. The highest BCUT2D eigenvalue weighted by atomic mass is 16.3. The lowest BCUT2D eigenvalue weighted by molar-refractivity contribution is -0.0152. The molecule has 0 bridgehead atoms.